The van der Waals surface area contributed by atoms with Gasteiger partial charge >= 0.3 is 0 Å². The van der Waals surface area contributed by atoms with Crippen molar-refractivity contribution in [1.29, 1.82) is 0 Å². The summed E-state index contributed by atoms with van der Waals surface area (Å²) < 4.78 is 5.63. The predicted octanol–water partition coefficient (Wildman–Crippen LogP) is 1.57. The molecule has 25 heavy (non-hydrogen) atoms. The Bertz CT molecular complexity index is 686. The number of anilines is 1. The lowest BCUT2D eigenvalue weighted by atomic mass is 10.2. The van der Waals surface area contributed by atoms with Crippen molar-refractivity contribution in [2.75, 3.05) is 32.1 Å². The summed E-state index contributed by atoms with van der Waals surface area (Å²) in [5.41, 5.74) is 1.85. The van der Waals surface area contributed by atoms with Crippen molar-refractivity contribution in [3.05, 3.63) is 54.4 Å². The van der Waals surface area contributed by atoms with Gasteiger partial charge in [0, 0.05) is 13.2 Å². The number of carbonyl (C=O) groups excluding carboxylic acids is 1. The Morgan fingerprint density at radius 3 is 2.68 bits per heavy atom. The van der Waals surface area contributed by atoms with Gasteiger partial charge in [-0.05, 0) is 31.2 Å². The van der Waals surface area contributed by atoms with Crippen LogP contribution in [-0.2, 0) is 4.79 Å². The third-order valence-electron chi connectivity index (χ3n) is 3.27. The molecule has 0 fully saturated rings. The molecule has 1 aromatic carbocycles. The minimum Gasteiger partial charge on any atom is -0.492 e. The van der Waals surface area contributed by atoms with Crippen molar-refractivity contribution in [1.82, 2.24) is 15.6 Å². The molecule has 0 aliphatic heterocycles. The van der Waals surface area contributed by atoms with Crippen LogP contribution in [0.3, 0.4) is 0 Å². The summed E-state index contributed by atoms with van der Waals surface area (Å²) in [6, 6.07) is 11.4. The number of nitrogens with zero attached hydrogens (tertiary/aromatic N) is 2. The number of aryl methyl sites for hydroxylation is 1. The van der Waals surface area contributed by atoms with Crippen LogP contribution < -0.4 is 20.7 Å². The predicted molar refractivity (Wildman–Crippen MR) is 98.9 cm³/mol. The van der Waals surface area contributed by atoms with Gasteiger partial charge in [0.05, 0.1) is 25.0 Å². The number of ether oxygens (including phenoxy) is 1. The number of guanidine groups is 1. The zero-order valence-corrected chi connectivity index (χ0v) is 14.5. The third-order valence-corrected chi connectivity index (χ3v) is 3.27. The molecule has 7 heteroatoms. The highest BCUT2D eigenvalue weighted by atomic mass is 16.5. The molecule has 7 nitrogen and oxygen atoms in total. The number of benzene rings is 1. The maximum atomic E-state index is 11.9. The number of carbonyl (C=O) groups is 1. The second kappa shape index (κ2) is 9.92. The normalized spacial score (nSPS) is 10.9. The van der Waals surface area contributed by atoms with E-state index in [0.29, 0.717) is 24.8 Å². The van der Waals surface area contributed by atoms with E-state index in [1.165, 1.54) is 5.56 Å². The van der Waals surface area contributed by atoms with Crippen LogP contribution >= 0.6 is 0 Å². The Hall–Kier alpha value is -3.09. The Balaban J connectivity index is 1.64. The van der Waals surface area contributed by atoms with Crippen molar-refractivity contribution < 1.29 is 9.53 Å². The molecule has 2 rings (SSSR count). The molecule has 0 unspecified atom stereocenters. The Kier molecular flexibility index (Phi) is 7.24. The fourth-order valence-corrected chi connectivity index (χ4v) is 2.00. The molecule has 0 atom stereocenters. The first-order valence-corrected chi connectivity index (χ1v) is 8.01. The third kappa shape index (κ3) is 6.90. The van der Waals surface area contributed by atoms with Crippen molar-refractivity contribution in [3.63, 3.8) is 0 Å². The average molecular weight is 341 g/mol. The SMILES string of the molecule is CN=C(NCCOc1ccc(C)cc1)NCC(=O)Nc1cccnc1. The number of hydrogen-bond acceptors (Lipinski definition) is 4. The quantitative estimate of drug-likeness (QED) is 0.404. The molecule has 0 spiro atoms. The summed E-state index contributed by atoms with van der Waals surface area (Å²) in [5.74, 6) is 1.19. The summed E-state index contributed by atoms with van der Waals surface area (Å²) in [7, 11) is 1.65. The number of nitrogens with one attached hydrogen (secondary N) is 3. The van der Waals surface area contributed by atoms with E-state index in [9.17, 15) is 4.79 Å². The van der Waals surface area contributed by atoms with Crippen LogP contribution in [0.2, 0.25) is 0 Å². The molecular formula is C18H23N5O2. The molecule has 2 aromatic rings. The van der Waals surface area contributed by atoms with Gasteiger partial charge in [-0.3, -0.25) is 14.8 Å². The van der Waals surface area contributed by atoms with Crippen molar-refractivity contribution in [2.45, 2.75) is 6.92 Å². The van der Waals surface area contributed by atoms with E-state index in [-0.39, 0.29) is 12.5 Å². The van der Waals surface area contributed by atoms with Gasteiger partial charge in [0.15, 0.2) is 5.96 Å². The van der Waals surface area contributed by atoms with Crippen molar-refractivity contribution in [2.24, 2.45) is 4.99 Å². The van der Waals surface area contributed by atoms with E-state index >= 15 is 0 Å². The highest BCUT2D eigenvalue weighted by molar-refractivity contribution is 5.94. The lowest BCUT2D eigenvalue weighted by molar-refractivity contribution is -0.115. The molecule has 132 valence electrons. The zero-order chi connectivity index (χ0) is 17.9. The topological polar surface area (TPSA) is 87.6 Å². The highest BCUT2D eigenvalue weighted by Gasteiger charge is 2.04. The fraction of sp³-hybridized carbons (Fsp3) is 0.278. The molecule has 1 aromatic heterocycles. The second-order valence-electron chi connectivity index (χ2n) is 5.30. The molecule has 1 heterocycles. The van der Waals surface area contributed by atoms with Gasteiger partial charge in [-0.2, -0.15) is 0 Å². The van der Waals surface area contributed by atoms with E-state index in [4.69, 9.17) is 4.74 Å². The number of rotatable bonds is 7. The summed E-state index contributed by atoms with van der Waals surface area (Å²) >= 11 is 0. The lowest BCUT2D eigenvalue weighted by Crippen LogP contribution is -2.42. The van der Waals surface area contributed by atoms with Gasteiger partial charge in [0.1, 0.15) is 12.4 Å². The van der Waals surface area contributed by atoms with Crippen LogP contribution in [0, 0.1) is 6.92 Å². The van der Waals surface area contributed by atoms with Crippen molar-refractivity contribution in [3.8, 4) is 5.75 Å². The van der Waals surface area contributed by atoms with E-state index in [2.05, 4.69) is 25.9 Å². The van der Waals surface area contributed by atoms with Gasteiger partial charge in [0.2, 0.25) is 5.91 Å². The fourth-order valence-electron chi connectivity index (χ4n) is 2.00. The van der Waals surface area contributed by atoms with Gasteiger partial charge in [-0.1, -0.05) is 17.7 Å². The van der Waals surface area contributed by atoms with Gasteiger partial charge in [0.25, 0.3) is 0 Å². The number of amides is 1. The average Bonchev–Trinajstić information content (AvgIpc) is 2.63. The summed E-state index contributed by atoms with van der Waals surface area (Å²) in [6.45, 7) is 3.20. The molecule has 0 radical (unpaired) electrons. The van der Waals surface area contributed by atoms with E-state index < -0.39 is 0 Å². The molecule has 3 N–H and O–H groups in total. The monoisotopic (exact) mass is 341 g/mol. The summed E-state index contributed by atoms with van der Waals surface area (Å²) in [6.07, 6.45) is 3.24. The first-order chi connectivity index (χ1) is 12.2. The molecule has 0 aliphatic rings. The Labute approximate surface area is 147 Å². The number of pyridine rings is 1. The second-order valence-corrected chi connectivity index (χ2v) is 5.30. The minimum absolute atomic E-state index is 0.105. The Morgan fingerprint density at radius 1 is 1.20 bits per heavy atom. The molecular weight excluding hydrogens is 318 g/mol. The number of hydrogen-bond donors (Lipinski definition) is 3. The molecule has 0 saturated heterocycles. The van der Waals surface area contributed by atoms with Crippen LogP contribution in [0.25, 0.3) is 0 Å². The number of aliphatic imine (C=N–C) groups is 1. The van der Waals surface area contributed by atoms with E-state index in [0.717, 1.165) is 5.75 Å². The zero-order valence-electron chi connectivity index (χ0n) is 14.5. The van der Waals surface area contributed by atoms with Gasteiger partial charge < -0.3 is 20.7 Å². The highest BCUT2D eigenvalue weighted by Crippen LogP contribution is 2.10. The largest absolute Gasteiger partial charge is 0.492 e. The Morgan fingerprint density at radius 2 is 2.00 bits per heavy atom. The van der Waals surface area contributed by atoms with Crippen LogP contribution in [0.15, 0.2) is 53.8 Å². The first-order valence-electron chi connectivity index (χ1n) is 8.01. The molecule has 1 amide bonds. The molecule has 0 saturated carbocycles. The molecule has 0 bridgehead atoms. The van der Waals surface area contributed by atoms with E-state index in [1.807, 2.05) is 31.2 Å². The smallest absolute Gasteiger partial charge is 0.243 e. The van der Waals surface area contributed by atoms with Gasteiger partial charge in [-0.15, -0.1) is 0 Å². The number of aromatic nitrogens is 1. The minimum atomic E-state index is -0.174. The first kappa shape index (κ1) is 18.3. The summed E-state index contributed by atoms with van der Waals surface area (Å²) in [4.78, 5) is 19.9. The van der Waals surface area contributed by atoms with Crippen LogP contribution in [0.1, 0.15) is 5.56 Å². The van der Waals surface area contributed by atoms with Crippen LogP contribution in [-0.4, -0.2) is 43.6 Å². The van der Waals surface area contributed by atoms with E-state index in [1.54, 1.807) is 31.6 Å². The van der Waals surface area contributed by atoms with Gasteiger partial charge in [-0.25, -0.2) is 0 Å². The van der Waals surface area contributed by atoms with Crippen LogP contribution in [0.5, 0.6) is 5.75 Å². The lowest BCUT2D eigenvalue weighted by Gasteiger charge is -2.12. The maximum Gasteiger partial charge on any atom is 0.243 e. The maximum absolute atomic E-state index is 11.9. The van der Waals surface area contributed by atoms with Crippen LogP contribution in [0.4, 0.5) is 5.69 Å². The van der Waals surface area contributed by atoms with Crippen molar-refractivity contribution >= 4 is 17.6 Å². The summed E-state index contributed by atoms with van der Waals surface area (Å²) in [5, 5.41) is 8.78. The molecule has 0 aliphatic carbocycles. The standard InChI is InChI=1S/C18H23N5O2/c1-14-5-7-16(8-6-14)25-11-10-21-18(19-2)22-13-17(24)23-15-4-3-9-20-12-15/h3-9,12H,10-11,13H2,1-2H3,(H,23,24)(H2,19,21,22).